The molecule has 0 aliphatic heterocycles. The second-order valence-electron chi connectivity index (χ2n) is 2.46. The molecule has 0 saturated carbocycles. The summed E-state index contributed by atoms with van der Waals surface area (Å²) in [6, 6.07) is 0.667. The Kier molecular flexibility index (Phi) is 3.88. The lowest BCUT2D eigenvalue weighted by molar-refractivity contribution is 0.415. The van der Waals surface area contributed by atoms with Gasteiger partial charge in [0.1, 0.15) is 0 Å². The fourth-order valence-corrected chi connectivity index (χ4v) is 0.638. The largest absolute Gasteiger partial charge is 0.317 e. The zero-order chi connectivity index (χ0) is 6.57. The lowest BCUT2D eigenvalue weighted by atomic mass is 10.0. The van der Waals surface area contributed by atoms with E-state index in [4.69, 9.17) is 0 Å². The summed E-state index contributed by atoms with van der Waals surface area (Å²) in [4.78, 5) is 0. The average molecular weight is 115 g/mol. The van der Waals surface area contributed by atoms with Gasteiger partial charge in [0.2, 0.25) is 0 Å². The minimum Gasteiger partial charge on any atom is -0.317 e. The van der Waals surface area contributed by atoms with E-state index in [0.717, 1.165) is 5.92 Å². The van der Waals surface area contributed by atoms with Crippen LogP contribution in [0.15, 0.2) is 0 Å². The maximum atomic E-state index is 3.22. The van der Waals surface area contributed by atoms with Crippen LogP contribution in [0, 0.1) is 5.92 Å². The van der Waals surface area contributed by atoms with Crippen molar-refractivity contribution in [3.63, 3.8) is 0 Å². The van der Waals surface area contributed by atoms with E-state index in [1.54, 1.807) is 0 Å². The zero-order valence-corrected chi connectivity index (χ0v) is 6.36. The second kappa shape index (κ2) is 3.90. The summed E-state index contributed by atoms with van der Waals surface area (Å²) >= 11 is 0. The lowest BCUT2D eigenvalue weighted by Crippen LogP contribution is -2.27. The molecule has 0 fully saturated rings. The van der Waals surface area contributed by atoms with Gasteiger partial charge in [-0.2, -0.15) is 0 Å². The molecule has 0 aromatic heterocycles. The molecular weight excluding hydrogens is 98.1 g/mol. The Labute approximate surface area is 52.5 Å². The third kappa shape index (κ3) is 2.31. The van der Waals surface area contributed by atoms with Crippen molar-refractivity contribution in [1.82, 2.24) is 5.32 Å². The van der Waals surface area contributed by atoms with E-state index in [-0.39, 0.29) is 0 Å². The molecule has 0 aliphatic carbocycles. The van der Waals surface area contributed by atoms with Gasteiger partial charge in [0.05, 0.1) is 0 Å². The van der Waals surface area contributed by atoms with Crippen LogP contribution >= 0.6 is 0 Å². The standard InChI is InChI=1S/C7H17N/c1-5-6(2)7(3)8-4/h6-8H,5H2,1-4H3/t6?,7-/m0/s1. The van der Waals surface area contributed by atoms with E-state index in [2.05, 4.69) is 26.1 Å². The number of nitrogens with one attached hydrogen (secondary N) is 1. The molecule has 0 aromatic rings. The van der Waals surface area contributed by atoms with E-state index in [9.17, 15) is 0 Å². The van der Waals surface area contributed by atoms with E-state index in [1.165, 1.54) is 6.42 Å². The predicted octanol–water partition coefficient (Wildman–Crippen LogP) is 1.64. The smallest absolute Gasteiger partial charge is 0.00612 e. The van der Waals surface area contributed by atoms with Gasteiger partial charge in [-0.05, 0) is 19.9 Å². The predicted molar refractivity (Wildman–Crippen MR) is 38.0 cm³/mol. The van der Waals surface area contributed by atoms with Crippen molar-refractivity contribution in [2.24, 2.45) is 5.92 Å². The van der Waals surface area contributed by atoms with Crippen molar-refractivity contribution in [1.29, 1.82) is 0 Å². The van der Waals surface area contributed by atoms with Gasteiger partial charge < -0.3 is 5.32 Å². The Hall–Kier alpha value is -0.0400. The van der Waals surface area contributed by atoms with Gasteiger partial charge in [-0.3, -0.25) is 0 Å². The maximum Gasteiger partial charge on any atom is 0.00612 e. The quantitative estimate of drug-likeness (QED) is 0.589. The molecule has 1 N–H and O–H groups in total. The van der Waals surface area contributed by atoms with Gasteiger partial charge in [-0.15, -0.1) is 0 Å². The fraction of sp³-hybridized carbons (Fsp3) is 1.00. The van der Waals surface area contributed by atoms with Crippen LogP contribution in [0.5, 0.6) is 0 Å². The maximum absolute atomic E-state index is 3.22. The van der Waals surface area contributed by atoms with E-state index < -0.39 is 0 Å². The molecule has 0 amide bonds. The first kappa shape index (κ1) is 7.96. The Balaban J connectivity index is 3.29. The molecule has 0 aliphatic rings. The van der Waals surface area contributed by atoms with Crippen LogP contribution in [-0.2, 0) is 0 Å². The van der Waals surface area contributed by atoms with Crippen LogP contribution in [-0.4, -0.2) is 13.1 Å². The van der Waals surface area contributed by atoms with Crippen LogP contribution < -0.4 is 5.32 Å². The van der Waals surface area contributed by atoms with Crippen molar-refractivity contribution in [2.45, 2.75) is 33.2 Å². The summed E-state index contributed by atoms with van der Waals surface area (Å²) < 4.78 is 0. The van der Waals surface area contributed by atoms with Gasteiger partial charge in [0, 0.05) is 6.04 Å². The van der Waals surface area contributed by atoms with Crippen LogP contribution in [0.1, 0.15) is 27.2 Å². The Bertz CT molecular complexity index is 44.3. The van der Waals surface area contributed by atoms with Crippen LogP contribution in [0.25, 0.3) is 0 Å². The van der Waals surface area contributed by atoms with E-state index in [0.29, 0.717) is 6.04 Å². The number of rotatable bonds is 3. The molecule has 0 radical (unpaired) electrons. The zero-order valence-electron chi connectivity index (χ0n) is 6.36. The molecule has 2 atom stereocenters. The summed E-state index contributed by atoms with van der Waals surface area (Å²) in [7, 11) is 2.01. The van der Waals surface area contributed by atoms with Gasteiger partial charge in [0.25, 0.3) is 0 Å². The molecule has 1 unspecified atom stereocenters. The summed E-state index contributed by atoms with van der Waals surface area (Å²) in [6.07, 6.45) is 1.27. The van der Waals surface area contributed by atoms with Crippen molar-refractivity contribution in [3.8, 4) is 0 Å². The minimum absolute atomic E-state index is 0.667. The molecule has 50 valence electrons. The summed E-state index contributed by atoms with van der Waals surface area (Å²) in [5.41, 5.74) is 0. The van der Waals surface area contributed by atoms with Crippen molar-refractivity contribution in [2.75, 3.05) is 7.05 Å². The molecular formula is C7H17N. The van der Waals surface area contributed by atoms with Crippen molar-refractivity contribution >= 4 is 0 Å². The van der Waals surface area contributed by atoms with E-state index in [1.807, 2.05) is 7.05 Å². The number of hydrogen-bond donors (Lipinski definition) is 1. The molecule has 0 aromatic carbocycles. The van der Waals surface area contributed by atoms with Crippen LogP contribution in [0.2, 0.25) is 0 Å². The third-order valence-corrected chi connectivity index (χ3v) is 1.95. The molecule has 0 spiro atoms. The highest BCUT2D eigenvalue weighted by atomic mass is 14.9. The summed E-state index contributed by atoms with van der Waals surface area (Å²) in [5, 5.41) is 3.22. The first-order valence-corrected chi connectivity index (χ1v) is 3.39. The highest BCUT2D eigenvalue weighted by molar-refractivity contribution is 4.63. The van der Waals surface area contributed by atoms with Gasteiger partial charge in [-0.25, -0.2) is 0 Å². The average Bonchev–Trinajstić information content (AvgIpc) is 1.84. The summed E-state index contributed by atoms with van der Waals surface area (Å²) in [5.74, 6) is 0.806. The van der Waals surface area contributed by atoms with Gasteiger partial charge in [0.15, 0.2) is 0 Å². The molecule has 0 bridgehead atoms. The first-order valence-electron chi connectivity index (χ1n) is 3.39. The molecule has 0 heterocycles. The third-order valence-electron chi connectivity index (χ3n) is 1.95. The first-order chi connectivity index (χ1) is 3.72. The van der Waals surface area contributed by atoms with Crippen LogP contribution in [0.3, 0.4) is 0 Å². The van der Waals surface area contributed by atoms with Crippen LogP contribution in [0.4, 0.5) is 0 Å². The van der Waals surface area contributed by atoms with Crippen molar-refractivity contribution < 1.29 is 0 Å². The molecule has 1 nitrogen and oxygen atoms in total. The SMILES string of the molecule is CCC(C)[C@H](C)NC. The Morgan fingerprint density at radius 1 is 1.38 bits per heavy atom. The molecule has 1 heteroatoms. The van der Waals surface area contributed by atoms with Gasteiger partial charge >= 0.3 is 0 Å². The topological polar surface area (TPSA) is 12.0 Å². The van der Waals surface area contributed by atoms with E-state index >= 15 is 0 Å². The van der Waals surface area contributed by atoms with Crippen molar-refractivity contribution in [3.05, 3.63) is 0 Å². The second-order valence-corrected chi connectivity index (χ2v) is 2.46. The molecule has 0 saturated heterocycles. The minimum atomic E-state index is 0.667. The monoisotopic (exact) mass is 115 g/mol. The molecule has 8 heavy (non-hydrogen) atoms. The fourth-order valence-electron chi connectivity index (χ4n) is 0.638. The molecule has 0 rings (SSSR count). The summed E-state index contributed by atoms with van der Waals surface area (Å²) in [6.45, 7) is 6.70. The Morgan fingerprint density at radius 3 is 2.00 bits per heavy atom. The highest BCUT2D eigenvalue weighted by Crippen LogP contribution is 2.04. The number of hydrogen-bond acceptors (Lipinski definition) is 1. The lowest BCUT2D eigenvalue weighted by Gasteiger charge is -2.16. The normalized spacial score (nSPS) is 18.0. The van der Waals surface area contributed by atoms with Gasteiger partial charge in [-0.1, -0.05) is 20.3 Å². The highest BCUT2D eigenvalue weighted by Gasteiger charge is 2.04. The Morgan fingerprint density at radius 2 is 1.88 bits per heavy atom.